The van der Waals surface area contributed by atoms with Crippen LogP contribution in [0, 0.1) is 0 Å². The van der Waals surface area contributed by atoms with E-state index < -0.39 is 0 Å². The van der Waals surface area contributed by atoms with Crippen molar-refractivity contribution in [2.75, 3.05) is 7.11 Å². The van der Waals surface area contributed by atoms with Crippen LogP contribution in [0.3, 0.4) is 0 Å². The summed E-state index contributed by atoms with van der Waals surface area (Å²) in [5.74, 6) is -0.301. The molecule has 80 valence electrons. The molecule has 0 heterocycles. The van der Waals surface area contributed by atoms with Crippen molar-refractivity contribution in [2.45, 2.75) is 25.6 Å². The molecule has 2 rings (SSSR count). The predicted octanol–water partition coefficient (Wildman–Crippen LogP) is 2.15. The Hall–Kier alpha value is -1.35. The lowest BCUT2D eigenvalue weighted by Crippen LogP contribution is -2.01. The first-order valence-corrected chi connectivity index (χ1v) is 5.08. The molecule has 1 saturated carbocycles. The molecule has 1 aromatic rings. The smallest absolute Gasteiger partial charge is 0.337 e. The number of rotatable bonds is 4. The van der Waals surface area contributed by atoms with E-state index in [0.717, 1.165) is 5.56 Å². The third kappa shape index (κ3) is 2.80. The van der Waals surface area contributed by atoms with Gasteiger partial charge in [-0.3, -0.25) is 0 Å². The van der Waals surface area contributed by atoms with Crippen LogP contribution >= 0.6 is 0 Å². The van der Waals surface area contributed by atoms with Crippen molar-refractivity contribution in [1.29, 1.82) is 0 Å². The van der Waals surface area contributed by atoms with Crippen LogP contribution in [0.1, 0.15) is 28.8 Å². The van der Waals surface area contributed by atoms with E-state index in [1.165, 1.54) is 20.0 Å². The van der Waals surface area contributed by atoms with Crippen molar-refractivity contribution >= 4 is 5.97 Å². The van der Waals surface area contributed by atoms with Gasteiger partial charge in [0.05, 0.1) is 25.4 Å². The van der Waals surface area contributed by atoms with E-state index in [9.17, 15) is 4.79 Å². The molecule has 1 aliphatic carbocycles. The molecule has 0 aromatic heterocycles. The first-order valence-electron chi connectivity index (χ1n) is 5.08. The minimum Gasteiger partial charge on any atom is -0.465 e. The van der Waals surface area contributed by atoms with Gasteiger partial charge >= 0.3 is 5.97 Å². The molecular weight excluding hydrogens is 192 g/mol. The summed E-state index contributed by atoms with van der Waals surface area (Å²) in [5.41, 5.74) is 1.67. The summed E-state index contributed by atoms with van der Waals surface area (Å²) in [6.07, 6.45) is 2.82. The van der Waals surface area contributed by atoms with E-state index in [1.807, 2.05) is 12.1 Å². The standard InChI is InChI=1S/C12H14O3/c1-14-12(13)10-4-2-9(3-5-10)8-15-11-6-7-11/h2-5,11H,6-8H2,1H3. The zero-order chi connectivity index (χ0) is 10.7. The lowest BCUT2D eigenvalue weighted by molar-refractivity contribution is 0.0600. The molecule has 3 heteroatoms. The normalized spacial score (nSPS) is 15.0. The number of ether oxygens (including phenoxy) is 2. The first kappa shape index (κ1) is 10.2. The second-order valence-electron chi connectivity index (χ2n) is 3.70. The largest absolute Gasteiger partial charge is 0.465 e. The third-order valence-corrected chi connectivity index (χ3v) is 2.39. The van der Waals surface area contributed by atoms with Crippen LogP contribution in [0.2, 0.25) is 0 Å². The van der Waals surface area contributed by atoms with Crippen LogP contribution in [0.5, 0.6) is 0 Å². The number of benzene rings is 1. The monoisotopic (exact) mass is 206 g/mol. The lowest BCUT2D eigenvalue weighted by Gasteiger charge is -2.03. The number of carbonyl (C=O) groups excluding carboxylic acids is 1. The molecule has 1 aromatic carbocycles. The van der Waals surface area contributed by atoms with Gasteiger partial charge in [-0.05, 0) is 30.5 Å². The van der Waals surface area contributed by atoms with E-state index >= 15 is 0 Å². The van der Waals surface area contributed by atoms with Gasteiger partial charge in [-0.1, -0.05) is 12.1 Å². The summed E-state index contributed by atoms with van der Waals surface area (Å²) in [6.45, 7) is 0.631. The Balaban J connectivity index is 1.93. The van der Waals surface area contributed by atoms with Gasteiger partial charge in [0.15, 0.2) is 0 Å². The van der Waals surface area contributed by atoms with Gasteiger partial charge in [0.1, 0.15) is 0 Å². The van der Waals surface area contributed by atoms with Gasteiger partial charge in [0.25, 0.3) is 0 Å². The molecule has 3 nitrogen and oxygen atoms in total. The van der Waals surface area contributed by atoms with Crippen molar-refractivity contribution in [3.05, 3.63) is 35.4 Å². The van der Waals surface area contributed by atoms with Gasteiger partial charge in [-0.15, -0.1) is 0 Å². The zero-order valence-corrected chi connectivity index (χ0v) is 8.73. The van der Waals surface area contributed by atoms with Crippen LogP contribution in [0.25, 0.3) is 0 Å². The fourth-order valence-electron chi connectivity index (χ4n) is 1.30. The summed E-state index contributed by atoms with van der Waals surface area (Å²) in [5, 5.41) is 0. The molecule has 1 aliphatic rings. The van der Waals surface area contributed by atoms with Gasteiger partial charge < -0.3 is 9.47 Å². The lowest BCUT2D eigenvalue weighted by atomic mass is 10.1. The van der Waals surface area contributed by atoms with Crippen LogP contribution in [-0.4, -0.2) is 19.2 Å². The fraction of sp³-hybridized carbons (Fsp3) is 0.417. The highest BCUT2D eigenvalue weighted by molar-refractivity contribution is 5.89. The maximum atomic E-state index is 11.1. The Morgan fingerprint density at radius 3 is 2.53 bits per heavy atom. The molecule has 0 bridgehead atoms. The average Bonchev–Trinajstić information content (AvgIpc) is 3.10. The molecule has 1 fully saturated rings. The van der Waals surface area contributed by atoms with Crippen LogP contribution in [0.15, 0.2) is 24.3 Å². The van der Waals surface area contributed by atoms with E-state index in [2.05, 4.69) is 4.74 Å². The van der Waals surface area contributed by atoms with Crippen LogP contribution in [0.4, 0.5) is 0 Å². The summed E-state index contributed by atoms with van der Waals surface area (Å²) in [4.78, 5) is 11.1. The Labute approximate surface area is 89.0 Å². The molecule has 0 atom stereocenters. The van der Waals surface area contributed by atoms with Gasteiger partial charge in [0.2, 0.25) is 0 Å². The number of carbonyl (C=O) groups is 1. The highest BCUT2D eigenvalue weighted by atomic mass is 16.5. The molecule has 0 amide bonds. The minimum atomic E-state index is -0.301. The molecule has 0 aliphatic heterocycles. The van der Waals surface area contributed by atoms with Crippen molar-refractivity contribution in [2.24, 2.45) is 0 Å². The summed E-state index contributed by atoms with van der Waals surface area (Å²) in [7, 11) is 1.38. The Kier molecular flexibility index (Phi) is 3.02. The van der Waals surface area contributed by atoms with Crippen molar-refractivity contribution in [3.8, 4) is 0 Å². The molecule has 0 saturated heterocycles. The highest BCUT2D eigenvalue weighted by Gasteiger charge is 2.21. The molecule has 0 spiro atoms. The predicted molar refractivity (Wildman–Crippen MR) is 55.6 cm³/mol. The topological polar surface area (TPSA) is 35.5 Å². The molecule has 0 radical (unpaired) electrons. The SMILES string of the molecule is COC(=O)c1ccc(COC2CC2)cc1. The maximum Gasteiger partial charge on any atom is 0.337 e. The number of hydrogen-bond donors (Lipinski definition) is 0. The minimum absolute atomic E-state index is 0.301. The van der Waals surface area contributed by atoms with Gasteiger partial charge in [0, 0.05) is 0 Å². The van der Waals surface area contributed by atoms with Gasteiger partial charge in [-0.2, -0.15) is 0 Å². The quantitative estimate of drug-likeness (QED) is 0.708. The second kappa shape index (κ2) is 4.45. The molecular formula is C12H14O3. The second-order valence-corrected chi connectivity index (χ2v) is 3.70. The molecule has 0 unspecified atom stereocenters. The van der Waals surface area contributed by atoms with E-state index in [4.69, 9.17) is 4.74 Å². The van der Waals surface area contributed by atoms with Gasteiger partial charge in [-0.25, -0.2) is 4.79 Å². The van der Waals surface area contributed by atoms with E-state index in [-0.39, 0.29) is 5.97 Å². The average molecular weight is 206 g/mol. The van der Waals surface area contributed by atoms with E-state index in [0.29, 0.717) is 18.3 Å². The first-order chi connectivity index (χ1) is 7.29. The number of esters is 1. The fourth-order valence-corrected chi connectivity index (χ4v) is 1.30. The summed E-state index contributed by atoms with van der Waals surface area (Å²) in [6, 6.07) is 7.32. The Bertz CT molecular complexity index is 338. The van der Waals surface area contributed by atoms with Crippen molar-refractivity contribution in [1.82, 2.24) is 0 Å². The molecule has 0 N–H and O–H groups in total. The molecule has 15 heavy (non-hydrogen) atoms. The number of hydrogen-bond acceptors (Lipinski definition) is 3. The van der Waals surface area contributed by atoms with Crippen LogP contribution in [-0.2, 0) is 16.1 Å². The summed E-state index contributed by atoms with van der Waals surface area (Å²) >= 11 is 0. The Morgan fingerprint density at radius 2 is 2.00 bits per heavy atom. The maximum absolute atomic E-state index is 11.1. The van der Waals surface area contributed by atoms with Crippen molar-refractivity contribution in [3.63, 3.8) is 0 Å². The van der Waals surface area contributed by atoms with Crippen molar-refractivity contribution < 1.29 is 14.3 Å². The zero-order valence-electron chi connectivity index (χ0n) is 8.73. The van der Waals surface area contributed by atoms with E-state index in [1.54, 1.807) is 12.1 Å². The summed E-state index contributed by atoms with van der Waals surface area (Å²) < 4.78 is 10.2. The van der Waals surface area contributed by atoms with Crippen LogP contribution < -0.4 is 0 Å². The Morgan fingerprint density at radius 1 is 1.33 bits per heavy atom. The number of methoxy groups -OCH3 is 1. The third-order valence-electron chi connectivity index (χ3n) is 2.39. The highest BCUT2D eigenvalue weighted by Crippen LogP contribution is 2.24.